The number of nitrogens with zero attached hydrogens (tertiary/aromatic N) is 1. The van der Waals surface area contributed by atoms with Gasteiger partial charge in [-0.25, -0.2) is 0 Å². The molecule has 0 aliphatic rings. The number of benzene rings is 1. The third kappa shape index (κ3) is 4.24. The average Bonchev–Trinajstić information content (AvgIpc) is 2.38. The van der Waals surface area contributed by atoms with E-state index in [9.17, 15) is 4.79 Å². The monoisotopic (exact) mass is 264 g/mol. The van der Waals surface area contributed by atoms with Crippen LogP contribution in [0.5, 0.6) is 5.75 Å². The van der Waals surface area contributed by atoms with Crippen molar-refractivity contribution in [1.82, 2.24) is 0 Å². The predicted octanol–water partition coefficient (Wildman–Crippen LogP) is 2.42. The highest BCUT2D eigenvalue weighted by Gasteiger charge is 2.28. The van der Waals surface area contributed by atoms with E-state index in [-0.39, 0.29) is 5.91 Å². The number of carbonyl (C=O) groups excluding carboxylic acids is 1. The highest BCUT2D eigenvalue weighted by molar-refractivity contribution is 5.97. The molecule has 0 saturated heterocycles. The number of amides is 1. The first kappa shape index (κ1) is 15.5. The molecule has 0 atom stereocenters. The maximum absolute atomic E-state index is 12.5. The summed E-state index contributed by atoms with van der Waals surface area (Å²) in [5, 5.41) is 0. The van der Waals surface area contributed by atoms with Gasteiger partial charge in [0.05, 0.1) is 7.11 Å². The lowest BCUT2D eigenvalue weighted by Crippen LogP contribution is -2.40. The summed E-state index contributed by atoms with van der Waals surface area (Å²) in [4.78, 5) is 14.3. The van der Waals surface area contributed by atoms with Gasteiger partial charge < -0.3 is 15.4 Å². The Hall–Kier alpha value is -1.55. The number of methoxy groups -OCH3 is 1. The third-order valence-corrected chi connectivity index (χ3v) is 2.84. The molecule has 0 saturated carbocycles. The lowest BCUT2D eigenvalue weighted by Gasteiger charge is -2.29. The van der Waals surface area contributed by atoms with Gasteiger partial charge in [0.25, 0.3) is 0 Å². The maximum Gasteiger partial charge on any atom is 0.232 e. The molecule has 0 radical (unpaired) electrons. The molecule has 4 heteroatoms. The van der Waals surface area contributed by atoms with Gasteiger partial charge in [-0.3, -0.25) is 4.79 Å². The molecule has 0 aliphatic heterocycles. The molecule has 0 bridgehead atoms. The Morgan fingerprint density at radius 3 is 2.58 bits per heavy atom. The minimum absolute atomic E-state index is 0.0919. The molecule has 0 aromatic heterocycles. The van der Waals surface area contributed by atoms with Crippen LogP contribution in [0.2, 0.25) is 0 Å². The first-order valence-electron chi connectivity index (χ1n) is 6.56. The molecule has 2 N–H and O–H groups in total. The second-order valence-electron chi connectivity index (χ2n) is 5.55. The van der Waals surface area contributed by atoms with E-state index in [1.807, 2.05) is 45.0 Å². The second kappa shape index (κ2) is 6.57. The van der Waals surface area contributed by atoms with Crippen molar-refractivity contribution in [2.24, 2.45) is 11.1 Å². The first-order chi connectivity index (χ1) is 8.90. The molecule has 0 heterocycles. The van der Waals surface area contributed by atoms with Crippen LogP contribution in [0.3, 0.4) is 0 Å². The molecule has 1 rings (SSSR count). The number of anilines is 1. The maximum atomic E-state index is 12.5. The van der Waals surface area contributed by atoms with E-state index in [1.165, 1.54) is 0 Å². The highest BCUT2D eigenvalue weighted by atomic mass is 16.5. The van der Waals surface area contributed by atoms with Gasteiger partial charge in [-0.1, -0.05) is 26.8 Å². The second-order valence-corrected chi connectivity index (χ2v) is 5.55. The van der Waals surface area contributed by atoms with Gasteiger partial charge in [-0.05, 0) is 25.1 Å². The highest BCUT2D eigenvalue weighted by Crippen LogP contribution is 2.26. The van der Waals surface area contributed by atoms with Gasteiger partial charge in [0.1, 0.15) is 5.75 Å². The number of nitrogens with two attached hydrogens (primary N) is 1. The SMILES string of the molecule is COc1cccc(N(CCCN)C(=O)C(C)(C)C)c1. The topological polar surface area (TPSA) is 55.6 Å². The van der Waals surface area contributed by atoms with E-state index in [2.05, 4.69) is 0 Å². The quantitative estimate of drug-likeness (QED) is 0.888. The van der Waals surface area contributed by atoms with E-state index in [4.69, 9.17) is 10.5 Å². The Kier molecular flexibility index (Phi) is 5.36. The summed E-state index contributed by atoms with van der Waals surface area (Å²) in [5.41, 5.74) is 5.99. The van der Waals surface area contributed by atoms with Gasteiger partial charge in [-0.15, -0.1) is 0 Å². The number of ether oxygens (including phenoxy) is 1. The van der Waals surface area contributed by atoms with Crippen LogP contribution in [0.4, 0.5) is 5.69 Å². The Morgan fingerprint density at radius 1 is 1.37 bits per heavy atom. The minimum Gasteiger partial charge on any atom is -0.497 e. The van der Waals surface area contributed by atoms with Crippen molar-refractivity contribution in [2.45, 2.75) is 27.2 Å². The Morgan fingerprint density at radius 2 is 2.05 bits per heavy atom. The molecule has 0 spiro atoms. The molecular weight excluding hydrogens is 240 g/mol. The number of hydrogen-bond acceptors (Lipinski definition) is 3. The largest absolute Gasteiger partial charge is 0.497 e. The summed E-state index contributed by atoms with van der Waals surface area (Å²) in [7, 11) is 1.62. The van der Waals surface area contributed by atoms with Crippen LogP contribution in [0.1, 0.15) is 27.2 Å². The van der Waals surface area contributed by atoms with Crippen molar-refractivity contribution in [3.8, 4) is 5.75 Å². The molecule has 0 unspecified atom stereocenters. The van der Waals surface area contributed by atoms with Gasteiger partial charge in [-0.2, -0.15) is 0 Å². The fraction of sp³-hybridized carbons (Fsp3) is 0.533. The molecule has 1 amide bonds. The summed E-state index contributed by atoms with van der Waals surface area (Å²) < 4.78 is 5.21. The van der Waals surface area contributed by atoms with Crippen LogP contribution in [0.25, 0.3) is 0 Å². The zero-order chi connectivity index (χ0) is 14.5. The van der Waals surface area contributed by atoms with Crippen molar-refractivity contribution in [3.05, 3.63) is 24.3 Å². The van der Waals surface area contributed by atoms with Crippen LogP contribution in [0, 0.1) is 5.41 Å². The molecule has 0 fully saturated rings. The number of rotatable bonds is 5. The zero-order valence-electron chi connectivity index (χ0n) is 12.3. The van der Waals surface area contributed by atoms with Crippen molar-refractivity contribution in [3.63, 3.8) is 0 Å². The Balaban J connectivity index is 3.05. The van der Waals surface area contributed by atoms with Crippen molar-refractivity contribution in [2.75, 3.05) is 25.1 Å². The summed E-state index contributed by atoms with van der Waals surface area (Å²) in [6, 6.07) is 7.55. The normalized spacial score (nSPS) is 11.2. The van der Waals surface area contributed by atoms with Gasteiger partial charge >= 0.3 is 0 Å². The van der Waals surface area contributed by atoms with E-state index in [1.54, 1.807) is 12.0 Å². The lowest BCUT2D eigenvalue weighted by molar-refractivity contribution is -0.125. The predicted molar refractivity (Wildman–Crippen MR) is 78.5 cm³/mol. The van der Waals surface area contributed by atoms with Crippen LogP contribution in [-0.2, 0) is 4.79 Å². The first-order valence-corrected chi connectivity index (χ1v) is 6.56. The summed E-state index contributed by atoms with van der Waals surface area (Å²) in [5.74, 6) is 0.839. The van der Waals surface area contributed by atoms with Gasteiger partial charge in [0, 0.05) is 23.7 Å². The van der Waals surface area contributed by atoms with Crippen molar-refractivity contribution < 1.29 is 9.53 Å². The van der Waals surface area contributed by atoms with Crippen molar-refractivity contribution >= 4 is 11.6 Å². The molecule has 19 heavy (non-hydrogen) atoms. The smallest absolute Gasteiger partial charge is 0.232 e. The molecule has 1 aromatic rings. The van der Waals surface area contributed by atoms with E-state index in [0.29, 0.717) is 13.1 Å². The third-order valence-electron chi connectivity index (χ3n) is 2.84. The summed E-state index contributed by atoms with van der Waals surface area (Å²) >= 11 is 0. The number of carbonyl (C=O) groups is 1. The van der Waals surface area contributed by atoms with Gasteiger partial charge in [0.2, 0.25) is 5.91 Å². The molecule has 1 aromatic carbocycles. The van der Waals surface area contributed by atoms with Crippen LogP contribution < -0.4 is 15.4 Å². The van der Waals surface area contributed by atoms with E-state index < -0.39 is 5.41 Å². The van der Waals surface area contributed by atoms with Crippen LogP contribution in [-0.4, -0.2) is 26.1 Å². The summed E-state index contributed by atoms with van der Waals surface area (Å²) in [6.07, 6.45) is 0.777. The minimum atomic E-state index is -0.419. The zero-order valence-corrected chi connectivity index (χ0v) is 12.3. The fourth-order valence-electron chi connectivity index (χ4n) is 1.78. The van der Waals surface area contributed by atoms with Crippen LogP contribution >= 0.6 is 0 Å². The fourth-order valence-corrected chi connectivity index (χ4v) is 1.78. The van der Waals surface area contributed by atoms with Gasteiger partial charge in [0.15, 0.2) is 0 Å². The van der Waals surface area contributed by atoms with Crippen molar-refractivity contribution in [1.29, 1.82) is 0 Å². The molecule has 0 aliphatic carbocycles. The Bertz CT molecular complexity index is 424. The van der Waals surface area contributed by atoms with Crippen LogP contribution in [0.15, 0.2) is 24.3 Å². The van der Waals surface area contributed by atoms with E-state index in [0.717, 1.165) is 17.9 Å². The average molecular weight is 264 g/mol. The lowest BCUT2D eigenvalue weighted by atomic mass is 9.94. The standard InChI is InChI=1S/C15H24N2O2/c1-15(2,3)14(18)17(10-6-9-16)12-7-5-8-13(11-12)19-4/h5,7-8,11H,6,9-10,16H2,1-4H3. The summed E-state index contributed by atoms with van der Waals surface area (Å²) in [6.45, 7) is 6.96. The molecule has 106 valence electrons. The number of hydrogen-bond donors (Lipinski definition) is 1. The Labute approximate surface area is 115 Å². The molecular formula is C15H24N2O2. The molecule has 4 nitrogen and oxygen atoms in total. The van der Waals surface area contributed by atoms with E-state index >= 15 is 0 Å².